The first-order chi connectivity index (χ1) is 9.63. The van der Waals surface area contributed by atoms with Crippen LogP contribution in [0.25, 0.3) is 0 Å². The second kappa shape index (κ2) is 6.67. The molecule has 0 spiro atoms. The van der Waals surface area contributed by atoms with Gasteiger partial charge in [0.1, 0.15) is 0 Å². The summed E-state index contributed by atoms with van der Waals surface area (Å²) in [6, 6.07) is 5.32. The third kappa shape index (κ3) is 3.45. The minimum atomic E-state index is -0.953. The van der Waals surface area contributed by atoms with Gasteiger partial charge in [0.15, 0.2) is 11.6 Å². The largest absolute Gasteiger partial charge is 0.494 e. The summed E-state index contributed by atoms with van der Waals surface area (Å²) in [4.78, 5) is 0. The average Bonchev–Trinajstić information content (AvgIpc) is 2.48. The van der Waals surface area contributed by atoms with E-state index in [-0.39, 0.29) is 11.7 Å². The van der Waals surface area contributed by atoms with Gasteiger partial charge >= 0.3 is 0 Å². The van der Waals surface area contributed by atoms with E-state index in [2.05, 4.69) is 11.4 Å². The Morgan fingerprint density at radius 1 is 1.30 bits per heavy atom. The highest BCUT2D eigenvalue weighted by Crippen LogP contribution is 2.25. The number of halogens is 2. The van der Waals surface area contributed by atoms with Gasteiger partial charge in [-0.15, -0.1) is 0 Å². The molecule has 0 radical (unpaired) electrons. The normalized spacial score (nSPS) is 22.3. The van der Waals surface area contributed by atoms with E-state index in [9.17, 15) is 8.78 Å². The van der Waals surface area contributed by atoms with Gasteiger partial charge in [-0.1, -0.05) is 0 Å². The van der Waals surface area contributed by atoms with Gasteiger partial charge in [0.2, 0.25) is 5.82 Å². The Bertz CT molecular complexity index is 505. The SMILES string of the molecule is COc1cc(CNC2CCC(C#N)CC2)cc(F)c1F. The summed E-state index contributed by atoms with van der Waals surface area (Å²) in [5.41, 5.74) is 0.656. The van der Waals surface area contributed by atoms with Crippen LogP contribution < -0.4 is 10.1 Å². The van der Waals surface area contributed by atoms with E-state index in [0.29, 0.717) is 18.2 Å². The molecule has 1 saturated carbocycles. The maximum absolute atomic E-state index is 13.4. The van der Waals surface area contributed by atoms with Crippen molar-refractivity contribution in [1.29, 1.82) is 5.26 Å². The zero-order valence-corrected chi connectivity index (χ0v) is 11.5. The molecule has 20 heavy (non-hydrogen) atoms. The van der Waals surface area contributed by atoms with Crippen LogP contribution in [-0.2, 0) is 6.54 Å². The number of ether oxygens (including phenoxy) is 1. The summed E-state index contributed by atoms with van der Waals surface area (Å²) in [6.45, 7) is 0.468. The molecule has 0 atom stereocenters. The van der Waals surface area contributed by atoms with Crippen molar-refractivity contribution in [2.24, 2.45) is 5.92 Å². The number of hydrogen-bond acceptors (Lipinski definition) is 3. The molecule has 0 bridgehead atoms. The third-order valence-corrected chi connectivity index (χ3v) is 3.78. The molecule has 0 unspecified atom stereocenters. The summed E-state index contributed by atoms with van der Waals surface area (Å²) in [5.74, 6) is -1.76. The fourth-order valence-corrected chi connectivity index (χ4v) is 2.56. The van der Waals surface area contributed by atoms with Crippen molar-refractivity contribution in [3.8, 4) is 11.8 Å². The first-order valence-corrected chi connectivity index (χ1v) is 6.79. The molecule has 1 N–H and O–H groups in total. The molecule has 1 aliphatic rings. The highest BCUT2D eigenvalue weighted by Gasteiger charge is 2.20. The predicted octanol–water partition coefficient (Wildman–Crippen LogP) is 3.15. The summed E-state index contributed by atoms with van der Waals surface area (Å²) < 4.78 is 31.5. The second-order valence-corrected chi connectivity index (χ2v) is 5.15. The lowest BCUT2D eigenvalue weighted by Crippen LogP contribution is -2.32. The Kier molecular flexibility index (Phi) is 4.91. The number of hydrogen-bond donors (Lipinski definition) is 1. The molecule has 0 aliphatic heterocycles. The fraction of sp³-hybridized carbons (Fsp3) is 0.533. The molecule has 5 heteroatoms. The number of rotatable bonds is 4. The van der Waals surface area contributed by atoms with Crippen molar-refractivity contribution in [3.63, 3.8) is 0 Å². The second-order valence-electron chi connectivity index (χ2n) is 5.15. The van der Waals surface area contributed by atoms with Crippen LogP contribution in [0, 0.1) is 28.9 Å². The molecule has 0 aromatic heterocycles. The van der Waals surface area contributed by atoms with Crippen LogP contribution in [0.5, 0.6) is 5.75 Å². The molecule has 1 fully saturated rings. The van der Waals surface area contributed by atoms with Gasteiger partial charge in [-0.2, -0.15) is 9.65 Å². The Morgan fingerprint density at radius 2 is 2.00 bits per heavy atom. The van der Waals surface area contributed by atoms with Crippen LogP contribution in [0.3, 0.4) is 0 Å². The topological polar surface area (TPSA) is 45.0 Å². The molecule has 1 aliphatic carbocycles. The van der Waals surface area contributed by atoms with Gasteiger partial charge in [0.05, 0.1) is 13.2 Å². The van der Waals surface area contributed by atoms with Crippen LogP contribution >= 0.6 is 0 Å². The highest BCUT2D eigenvalue weighted by molar-refractivity contribution is 5.31. The Balaban J connectivity index is 1.92. The fourth-order valence-electron chi connectivity index (χ4n) is 2.56. The number of nitrogens with zero attached hydrogens (tertiary/aromatic N) is 1. The minimum Gasteiger partial charge on any atom is -0.494 e. The van der Waals surface area contributed by atoms with Crippen molar-refractivity contribution < 1.29 is 13.5 Å². The molecular formula is C15H18F2N2O. The number of nitrogens with one attached hydrogen (secondary N) is 1. The van der Waals surface area contributed by atoms with Gasteiger partial charge in [0.25, 0.3) is 0 Å². The zero-order chi connectivity index (χ0) is 14.5. The number of benzene rings is 1. The molecule has 0 heterocycles. The highest BCUT2D eigenvalue weighted by atomic mass is 19.2. The van der Waals surface area contributed by atoms with E-state index < -0.39 is 11.6 Å². The third-order valence-electron chi connectivity index (χ3n) is 3.78. The molecule has 1 aromatic carbocycles. The van der Waals surface area contributed by atoms with Crippen molar-refractivity contribution in [2.45, 2.75) is 38.3 Å². The molecule has 0 amide bonds. The smallest absolute Gasteiger partial charge is 0.200 e. The lowest BCUT2D eigenvalue weighted by Gasteiger charge is -2.25. The monoisotopic (exact) mass is 280 g/mol. The van der Waals surface area contributed by atoms with E-state index in [1.54, 1.807) is 0 Å². The summed E-state index contributed by atoms with van der Waals surface area (Å²) >= 11 is 0. The van der Waals surface area contributed by atoms with Crippen molar-refractivity contribution in [1.82, 2.24) is 5.32 Å². The first-order valence-electron chi connectivity index (χ1n) is 6.79. The predicted molar refractivity (Wildman–Crippen MR) is 71.1 cm³/mol. The van der Waals surface area contributed by atoms with Crippen LogP contribution in [0.1, 0.15) is 31.2 Å². The van der Waals surface area contributed by atoms with Gasteiger partial charge in [0, 0.05) is 18.5 Å². The maximum atomic E-state index is 13.4. The molecular weight excluding hydrogens is 262 g/mol. The lowest BCUT2D eigenvalue weighted by molar-refractivity contribution is 0.330. The van der Waals surface area contributed by atoms with Crippen LogP contribution in [-0.4, -0.2) is 13.2 Å². The Morgan fingerprint density at radius 3 is 2.60 bits per heavy atom. The summed E-state index contributed by atoms with van der Waals surface area (Å²) in [7, 11) is 1.32. The van der Waals surface area contributed by atoms with Crippen LogP contribution in [0.2, 0.25) is 0 Å². The summed E-state index contributed by atoms with van der Waals surface area (Å²) in [5, 5.41) is 12.2. The lowest BCUT2D eigenvalue weighted by atomic mass is 9.87. The van der Waals surface area contributed by atoms with E-state index in [0.717, 1.165) is 25.7 Å². The molecule has 0 saturated heterocycles. The van der Waals surface area contributed by atoms with Gasteiger partial charge in [-0.3, -0.25) is 0 Å². The quantitative estimate of drug-likeness (QED) is 0.921. The molecule has 3 nitrogen and oxygen atoms in total. The average molecular weight is 280 g/mol. The van der Waals surface area contributed by atoms with Crippen LogP contribution in [0.4, 0.5) is 8.78 Å². The van der Waals surface area contributed by atoms with Gasteiger partial charge < -0.3 is 10.1 Å². The van der Waals surface area contributed by atoms with Crippen LogP contribution in [0.15, 0.2) is 12.1 Å². The van der Waals surface area contributed by atoms with E-state index in [4.69, 9.17) is 10.00 Å². The zero-order valence-electron chi connectivity index (χ0n) is 11.5. The molecule has 1 aromatic rings. The van der Waals surface area contributed by atoms with Crippen molar-refractivity contribution in [2.75, 3.05) is 7.11 Å². The Labute approximate surface area is 117 Å². The standard InChI is InChI=1S/C15H18F2N2O/c1-20-14-7-11(6-13(16)15(14)17)9-19-12-4-2-10(8-18)3-5-12/h6-7,10,12,19H,2-5,9H2,1H3. The van der Waals surface area contributed by atoms with Crippen molar-refractivity contribution >= 4 is 0 Å². The number of nitriles is 1. The minimum absolute atomic E-state index is 0.0741. The summed E-state index contributed by atoms with van der Waals surface area (Å²) in [6.07, 6.45) is 3.68. The van der Waals surface area contributed by atoms with E-state index >= 15 is 0 Å². The number of methoxy groups -OCH3 is 1. The van der Waals surface area contributed by atoms with Crippen molar-refractivity contribution in [3.05, 3.63) is 29.3 Å². The van der Waals surface area contributed by atoms with Gasteiger partial charge in [-0.25, -0.2) is 4.39 Å². The van der Waals surface area contributed by atoms with E-state index in [1.165, 1.54) is 19.2 Å². The van der Waals surface area contributed by atoms with Gasteiger partial charge in [-0.05, 0) is 43.4 Å². The maximum Gasteiger partial charge on any atom is 0.200 e. The first kappa shape index (κ1) is 14.7. The van der Waals surface area contributed by atoms with E-state index in [1.807, 2.05) is 0 Å². The molecule has 108 valence electrons. The Hall–Kier alpha value is -1.67. The molecule has 2 rings (SSSR count).